The number of hydrogen-bond donors (Lipinski definition) is 0. The van der Waals surface area contributed by atoms with E-state index in [9.17, 15) is 9.59 Å². The van der Waals surface area contributed by atoms with Crippen LogP contribution in [0.1, 0.15) is 32.3 Å². The van der Waals surface area contributed by atoms with Crippen LogP contribution in [-0.2, 0) is 15.0 Å². The molecule has 1 spiro atoms. The second-order valence-corrected chi connectivity index (χ2v) is 6.44. The van der Waals surface area contributed by atoms with Gasteiger partial charge in [0.25, 0.3) is 0 Å². The molecule has 2 aliphatic rings. The van der Waals surface area contributed by atoms with E-state index in [0.717, 1.165) is 24.1 Å². The van der Waals surface area contributed by atoms with Crippen LogP contribution in [0.3, 0.4) is 0 Å². The number of piperidine rings is 1. The number of rotatable bonds is 1. The Morgan fingerprint density at radius 1 is 1.19 bits per heavy atom. The molecule has 3 rings (SSSR count). The van der Waals surface area contributed by atoms with E-state index in [1.54, 1.807) is 4.90 Å². The van der Waals surface area contributed by atoms with E-state index in [1.165, 1.54) is 0 Å². The highest BCUT2D eigenvalue weighted by Crippen LogP contribution is 2.47. The van der Waals surface area contributed by atoms with Crippen LogP contribution in [-0.4, -0.2) is 36.9 Å². The molecule has 2 heterocycles. The molecule has 1 aromatic rings. The molecule has 112 valence electrons. The van der Waals surface area contributed by atoms with Gasteiger partial charge in [-0.05, 0) is 24.5 Å². The SMILES string of the molecule is CC(C)C(=O)N1CCC2(CC1)C(=O)N(C)c1ccccc12. The van der Waals surface area contributed by atoms with Crippen LogP contribution >= 0.6 is 0 Å². The Kier molecular flexibility index (Phi) is 3.27. The highest BCUT2D eigenvalue weighted by atomic mass is 16.2. The number of hydrogen-bond acceptors (Lipinski definition) is 2. The zero-order valence-electron chi connectivity index (χ0n) is 12.9. The van der Waals surface area contributed by atoms with Crippen LogP contribution in [0, 0.1) is 5.92 Å². The number of anilines is 1. The third-order valence-corrected chi connectivity index (χ3v) is 4.92. The van der Waals surface area contributed by atoms with Gasteiger partial charge in [-0.2, -0.15) is 0 Å². The summed E-state index contributed by atoms with van der Waals surface area (Å²) in [7, 11) is 1.85. The fourth-order valence-electron chi connectivity index (χ4n) is 3.67. The zero-order chi connectivity index (χ0) is 15.2. The molecular formula is C17H22N2O2. The van der Waals surface area contributed by atoms with Crippen molar-refractivity contribution in [2.45, 2.75) is 32.1 Å². The molecule has 2 amide bonds. The van der Waals surface area contributed by atoms with Crippen LogP contribution in [0.5, 0.6) is 0 Å². The number of likely N-dealkylation sites (tertiary alicyclic amines) is 1. The lowest BCUT2D eigenvalue weighted by Crippen LogP contribution is -2.50. The first-order valence-electron chi connectivity index (χ1n) is 7.64. The summed E-state index contributed by atoms with van der Waals surface area (Å²) in [6, 6.07) is 8.04. The van der Waals surface area contributed by atoms with Crippen LogP contribution in [0.15, 0.2) is 24.3 Å². The van der Waals surface area contributed by atoms with Gasteiger partial charge in [0, 0.05) is 31.7 Å². The Balaban J connectivity index is 1.88. The monoisotopic (exact) mass is 286 g/mol. The van der Waals surface area contributed by atoms with Crippen molar-refractivity contribution < 1.29 is 9.59 Å². The third kappa shape index (κ3) is 1.96. The Labute approximate surface area is 125 Å². The summed E-state index contributed by atoms with van der Waals surface area (Å²) in [4.78, 5) is 28.6. The summed E-state index contributed by atoms with van der Waals surface area (Å²) >= 11 is 0. The summed E-state index contributed by atoms with van der Waals surface area (Å²) in [5, 5.41) is 0. The molecule has 1 aromatic carbocycles. The second-order valence-electron chi connectivity index (χ2n) is 6.44. The smallest absolute Gasteiger partial charge is 0.237 e. The standard InChI is InChI=1S/C17H22N2O2/c1-12(2)15(20)19-10-8-17(9-11-19)13-6-4-5-7-14(13)18(3)16(17)21/h4-7,12H,8-11H2,1-3H3. The highest BCUT2D eigenvalue weighted by Gasteiger charge is 2.51. The van der Waals surface area contributed by atoms with Gasteiger partial charge in [0.2, 0.25) is 11.8 Å². The largest absolute Gasteiger partial charge is 0.342 e. The number of nitrogens with zero attached hydrogens (tertiary/aromatic N) is 2. The number of likely N-dealkylation sites (N-methyl/N-ethyl adjacent to an activating group) is 1. The van der Waals surface area contributed by atoms with Crippen LogP contribution < -0.4 is 4.90 Å². The second kappa shape index (κ2) is 4.86. The minimum Gasteiger partial charge on any atom is -0.342 e. The van der Waals surface area contributed by atoms with Gasteiger partial charge in [-0.1, -0.05) is 32.0 Å². The Hall–Kier alpha value is -1.84. The average molecular weight is 286 g/mol. The van der Waals surface area contributed by atoms with Crippen molar-refractivity contribution in [2.75, 3.05) is 25.0 Å². The lowest BCUT2D eigenvalue weighted by atomic mass is 9.73. The van der Waals surface area contributed by atoms with E-state index >= 15 is 0 Å². The summed E-state index contributed by atoms with van der Waals surface area (Å²) in [6.07, 6.45) is 1.46. The molecular weight excluding hydrogens is 264 g/mol. The number of benzene rings is 1. The van der Waals surface area contributed by atoms with Gasteiger partial charge in [-0.15, -0.1) is 0 Å². The molecule has 0 aromatic heterocycles. The van der Waals surface area contributed by atoms with Crippen LogP contribution in [0.4, 0.5) is 5.69 Å². The molecule has 0 atom stereocenters. The van der Waals surface area contributed by atoms with E-state index in [1.807, 2.05) is 44.0 Å². The summed E-state index contributed by atoms with van der Waals surface area (Å²) in [5.74, 6) is 0.394. The number of carbonyl (C=O) groups is 2. The molecule has 1 fully saturated rings. The van der Waals surface area contributed by atoms with Crippen molar-refractivity contribution in [3.05, 3.63) is 29.8 Å². The van der Waals surface area contributed by atoms with Gasteiger partial charge in [-0.3, -0.25) is 9.59 Å². The molecule has 0 bridgehead atoms. The predicted molar refractivity (Wildman–Crippen MR) is 82.2 cm³/mol. The van der Waals surface area contributed by atoms with Crippen molar-refractivity contribution in [2.24, 2.45) is 5.92 Å². The van der Waals surface area contributed by atoms with Crippen LogP contribution in [0.2, 0.25) is 0 Å². The molecule has 1 saturated heterocycles. The van der Waals surface area contributed by atoms with Gasteiger partial charge < -0.3 is 9.80 Å². The average Bonchev–Trinajstić information content (AvgIpc) is 2.71. The molecule has 0 saturated carbocycles. The molecule has 2 aliphatic heterocycles. The molecule has 0 aliphatic carbocycles. The Bertz CT molecular complexity index is 586. The van der Waals surface area contributed by atoms with E-state index in [2.05, 4.69) is 6.07 Å². The van der Waals surface area contributed by atoms with Gasteiger partial charge >= 0.3 is 0 Å². The number of fused-ring (bicyclic) bond motifs is 2. The van der Waals surface area contributed by atoms with Gasteiger partial charge in [-0.25, -0.2) is 0 Å². The molecule has 4 nitrogen and oxygen atoms in total. The lowest BCUT2D eigenvalue weighted by Gasteiger charge is -2.39. The maximum atomic E-state index is 12.8. The fourth-order valence-corrected chi connectivity index (χ4v) is 3.67. The van der Waals surface area contributed by atoms with Crippen molar-refractivity contribution in [1.29, 1.82) is 0 Å². The highest BCUT2D eigenvalue weighted by molar-refractivity contribution is 6.07. The fraction of sp³-hybridized carbons (Fsp3) is 0.529. The zero-order valence-corrected chi connectivity index (χ0v) is 12.9. The molecule has 0 unspecified atom stereocenters. The van der Waals surface area contributed by atoms with E-state index in [4.69, 9.17) is 0 Å². The number of para-hydroxylation sites is 1. The third-order valence-electron chi connectivity index (χ3n) is 4.92. The Morgan fingerprint density at radius 2 is 1.81 bits per heavy atom. The normalized spacial score (nSPS) is 20.3. The number of carbonyl (C=O) groups excluding carboxylic acids is 2. The lowest BCUT2D eigenvalue weighted by molar-refractivity contribution is -0.138. The van der Waals surface area contributed by atoms with Gasteiger partial charge in [0.1, 0.15) is 0 Å². The van der Waals surface area contributed by atoms with E-state index in [-0.39, 0.29) is 17.7 Å². The maximum Gasteiger partial charge on any atom is 0.237 e. The van der Waals surface area contributed by atoms with Gasteiger partial charge in [0.15, 0.2) is 0 Å². The van der Waals surface area contributed by atoms with Crippen molar-refractivity contribution in [3.63, 3.8) is 0 Å². The van der Waals surface area contributed by atoms with E-state index < -0.39 is 5.41 Å². The molecule has 4 heteroatoms. The summed E-state index contributed by atoms with van der Waals surface area (Å²) in [5.41, 5.74) is 1.74. The van der Waals surface area contributed by atoms with Crippen molar-refractivity contribution >= 4 is 17.5 Å². The predicted octanol–water partition coefficient (Wildman–Crippen LogP) is 2.18. The number of amides is 2. The first kappa shape index (κ1) is 14.1. The quantitative estimate of drug-likeness (QED) is 0.794. The molecule has 0 N–H and O–H groups in total. The van der Waals surface area contributed by atoms with Gasteiger partial charge in [0.05, 0.1) is 5.41 Å². The summed E-state index contributed by atoms with van der Waals surface area (Å²) in [6.45, 7) is 5.20. The van der Waals surface area contributed by atoms with Crippen molar-refractivity contribution in [1.82, 2.24) is 4.90 Å². The maximum absolute atomic E-state index is 12.8. The molecule has 21 heavy (non-hydrogen) atoms. The minimum atomic E-state index is -0.418. The Morgan fingerprint density at radius 3 is 2.43 bits per heavy atom. The molecule has 0 radical (unpaired) electrons. The summed E-state index contributed by atoms with van der Waals surface area (Å²) < 4.78 is 0. The van der Waals surface area contributed by atoms with E-state index in [0.29, 0.717) is 13.1 Å². The first-order chi connectivity index (χ1) is 9.97. The topological polar surface area (TPSA) is 40.6 Å². The minimum absolute atomic E-state index is 0.0216. The first-order valence-corrected chi connectivity index (χ1v) is 7.64. The van der Waals surface area contributed by atoms with Crippen molar-refractivity contribution in [3.8, 4) is 0 Å². The van der Waals surface area contributed by atoms with Crippen LogP contribution in [0.25, 0.3) is 0 Å².